The molecule has 2 heterocycles. The van der Waals surface area contributed by atoms with Gasteiger partial charge in [-0.3, -0.25) is 0 Å². The van der Waals surface area contributed by atoms with Gasteiger partial charge in [0.1, 0.15) is 5.94 Å². The fourth-order valence-corrected chi connectivity index (χ4v) is 3.18. The predicted octanol–water partition coefficient (Wildman–Crippen LogP) is 1.71. The summed E-state index contributed by atoms with van der Waals surface area (Å²) in [5, 5.41) is 0. The average Bonchev–Trinajstić information content (AvgIpc) is 2.49. The Labute approximate surface area is 120 Å². The molecule has 0 N–H and O–H groups in total. The maximum Gasteiger partial charge on any atom is 0.409 e. The monoisotopic (exact) mass is 280 g/mol. The molecule has 0 bridgehead atoms. The molecule has 2 aliphatic heterocycles. The largest absolute Gasteiger partial charge is 0.450 e. The highest BCUT2D eigenvalue weighted by Crippen LogP contribution is 2.24. The zero-order valence-corrected chi connectivity index (χ0v) is 12.2. The van der Waals surface area contributed by atoms with E-state index in [1.165, 1.54) is 0 Å². The van der Waals surface area contributed by atoms with Crippen LogP contribution < -0.4 is 0 Å². The number of carbonyl (C=O) groups is 1. The van der Waals surface area contributed by atoms with Gasteiger partial charge in [-0.2, -0.15) is 0 Å². The number of nitrogens with zero attached hydrogens (tertiary/aromatic N) is 2. The molecule has 2 saturated heterocycles. The van der Waals surface area contributed by atoms with Crippen LogP contribution in [0.5, 0.6) is 0 Å². The Morgan fingerprint density at radius 1 is 1.20 bits per heavy atom. The molecule has 0 radical (unpaired) electrons. The van der Waals surface area contributed by atoms with E-state index in [1.807, 2.05) is 17.8 Å². The Hall–Kier alpha value is -1.32. The summed E-state index contributed by atoms with van der Waals surface area (Å²) in [4.78, 5) is 26.3. The fraction of sp³-hybridized carbons (Fsp3) is 0.800. The molecule has 5 heteroatoms. The van der Waals surface area contributed by atoms with Crippen LogP contribution in [0.25, 0.3) is 0 Å². The van der Waals surface area contributed by atoms with Gasteiger partial charge in [-0.05, 0) is 51.6 Å². The molecule has 0 unspecified atom stereocenters. The van der Waals surface area contributed by atoms with E-state index in [2.05, 4.69) is 4.90 Å². The van der Waals surface area contributed by atoms with Crippen LogP contribution in [0, 0.1) is 5.92 Å². The molecular weight excluding hydrogens is 256 g/mol. The second-order valence-corrected chi connectivity index (χ2v) is 5.58. The molecular formula is C15H24N2O3. The first-order valence-electron chi connectivity index (χ1n) is 7.61. The molecule has 0 spiro atoms. The Kier molecular flexibility index (Phi) is 5.62. The highest BCUT2D eigenvalue weighted by Gasteiger charge is 2.29. The summed E-state index contributed by atoms with van der Waals surface area (Å²) in [6, 6.07) is 0.571. The van der Waals surface area contributed by atoms with Crippen molar-refractivity contribution in [1.29, 1.82) is 0 Å². The van der Waals surface area contributed by atoms with Crippen molar-refractivity contribution in [3.05, 3.63) is 6.08 Å². The predicted molar refractivity (Wildman–Crippen MR) is 76.2 cm³/mol. The number of rotatable bonds is 3. The average molecular weight is 280 g/mol. The zero-order valence-electron chi connectivity index (χ0n) is 12.2. The standard InChI is InChI=1S/C15H24N2O3/c1-2-20-15(19)17-10-5-14(6-11-17)16-8-3-13(4-9-16)7-12-18/h7,13-14H,2-6,8-11H2,1H3. The molecule has 20 heavy (non-hydrogen) atoms. The lowest BCUT2D eigenvalue weighted by Crippen LogP contribution is -2.49. The molecule has 0 aromatic carbocycles. The maximum atomic E-state index is 11.6. The molecule has 0 aromatic rings. The van der Waals surface area contributed by atoms with Gasteiger partial charge >= 0.3 is 6.09 Å². The van der Waals surface area contributed by atoms with Crippen molar-refractivity contribution in [2.45, 2.75) is 38.6 Å². The van der Waals surface area contributed by atoms with Crippen LogP contribution in [0.15, 0.2) is 6.08 Å². The minimum atomic E-state index is -0.180. The number of likely N-dealkylation sites (tertiary alicyclic amines) is 2. The van der Waals surface area contributed by atoms with Crippen molar-refractivity contribution in [1.82, 2.24) is 9.80 Å². The van der Waals surface area contributed by atoms with Crippen LogP contribution in [0.3, 0.4) is 0 Å². The Morgan fingerprint density at radius 2 is 1.85 bits per heavy atom. The first-order chi connectivity index (χ1) is 9.74. The summed E-state index contributed by atoms with van der Waals surface area (Å²) in [5.41, 5.74) is 0. The van der Waals surface area contributed by atoms with Crippen molar-refractivity contribution in [2.24, 2.45) is 5.92 Å². The van der Waals surface area contributed by atoms with Crippen molar-refractivity contribution in [3.8, 4) is 0 Å². The zero-order chi connectivity index (χ0) is 14.4. The van der Waals surface area contributed by atoms with Crippen LogP contribution in [0.2, 0.25) is 0 Å². The van der Waals surface area contributed by atoms with Gasteiger partial charge in [0.15, 0.2) is 0 Å². The third-order valence-electron chi connectivity index (χ3n) is 4.38. The number of piperidine rings is 2. The molecule has 112 valence electrons. The molecule has 1 amide bonds. The second-order valence-electron chi connectivity index (χ2n) is 5.58. The van der Waals surface area contributed by atoms with E-state index in [9.17, 15) is 9.59 Å². The van der Waals surface area contributed by atoms with Crippen LogP contribution in [-0.4, -0.2) is 60.7 Å². The van der Waals surface area contributed by atoms with Gasteiger partial charge in [0, 0.05) is 25.2 Å². The summed E-state index contributed by atoms with van der Waals surface area (Å²) in [5.74, 6) is 2.32. The normalized spacial score (nSPS) is 22.4. The third kappa shape index (κ3) is 3.84. The molecule has 0 atom stereocenters. The number of allylic oxidation sites excluding steroid dienone is 1. The Balaban J connectivity index is 1.74. The maximum absolute atomic E-state index is 11.6. The topological polar surface area (TPSA) is 49.9 Å². The molecule has 2 rings (SSSR count). The number of ether oxygens (including phenoxy) is 1. The van der Waals surface area contributed by atoms with Crippen LogP contribution in [0.1, 0.15) is 32.6 Å². The van der Waals surface area contributed by atoms with E-state index in [0.29, 0.717) is 18.6 Å². The fourth-order valence-electron chi connectivity index (χ4n) is 3.18. The second kappa shape index (κ2) is 7.46. The lowest BCUT2D eigenvalue weighted by molar-refractivity contribution is 0.0648. The highest BCUT2D eigenvalue weighted by atomic mass is 16.6. The number of hydrogen-bond donors (Lipinski definition) is 0. The lowest BCUT2D eigenvalue weighted by Gasteiger charge is -2.41. The summed E-state index contributed by atoms with van der Waals surface area (Å²) < 4.78 is 5.04. The van der Waals surface area contributed by atoms with E-state index >= 15 is 0 Å². The van der Waals surface area contributed by atoms with Gasteiger partial charge in [0.25, 0.3) is 0 Å². The van der Waals surface area contributed by atoms with Crippen molar-refractivity contribution < 1.29 is 14.3 Å². The summed E-state index contributed by atoms with van der Waals surface area (Å²) >= 11 is 0. The first kappa shape index (κ1) is 15.1. The molecule has 0 saturated carbocycles. The van der Waals surface area contributed by atoms with Crippen LogP contribution in [0.4, 0.5) is 4.79 Å². The smallest absolute Gasteiger partial charge is 0.409 e. The first-order valence-corrected chi connectivity index (χ1v) is 7.61. The highest BCUT2D eigenvalue weighted by molar-refractivity contribution is 5.67. The Bertz CT molecular complexity index is 363. The molecule has 2 aliphatic rings. The summed E-state index contributed by atoms with van der Waals surface area (Å²) in [6.45, 7) is 5.95. The van der Waals surface area contributed by atoms with Gasteiger partial charge < -0.3 is 14.5 Å². The van der Waals surface area contributed by atoms with Crippen molar-refractivity contribution >= 4 is 12.0 Å². The minimum absolute atomic E-state index is 0.180. The third-order valence-corrected chi connectivity index (χ3v) is 4.38. The minimum Gasteiger partial charge on any atom is -0.450 e. The van der Waals surface area contributed by atoms with E-state index < -0.39 is 0 Å². The van der Waals surface area contributed by atoms with E-state index in [-0.39, 0.29) is 6.09 Å². The lowest BCUT2D eigenvalue weighted by atomic mass is 9.93. The van der Waals surface area contributed by atoms with E-state index in [4.69, 9.17) is 4.74 Å². The van der Waals surface area contributed by atoms with Crippen LogP contribution in [-0.2, 0) is 9.53 Å². The van der Waals surface area contributed by atoms with Gasteiger partial charge in [-0.15, -0.1) is 0 Å². The summed E-state index contributed by atoms with van der Waals surface area (Å²) in [7, 11) is 0. The number of carbonyl (C=O) groups excluding carboxylic acids is 2. The van der Waals surface area contributed by atoms with E-state index in [1.54, 1.807) is 6.08 Å². The van der Waals surface area contributed by atoms with Gasteiger partial charge in [0.2, 0.25) is 0 Å². The number of amides is 1. The Morgan fingerprint density at radius 3 is 2.40 bits per heavy atom. The molecule has 5 nitrogen and oxygen atoms in total. The van der Waals surface area contributed by atoms with Gasteiger partial charge in [0.05, 0.1) is 6.61 Å². The SMILES string of the molecule is CCOC(=O)N1CCC(N2CCC(C=C=O)CC2)CC1. The quantitative estimate of drug-likeness (QED) is 0.738. The summed E-state index contributed by atoms with van der Waals surface area (Å²) in [6.07, 6.45) is 5.63. The van der Waals surface area contributed by atoms with Gasteiger partial charge in [-0.1, -0.05) is 0 Å². The number of hydrogen-bond acceptors (Lipinski definition) is 4. The van der Waals surface area contributed by atoms with Gasteiger partial charge in [-0.25, -0.2) is 9.59 Å². The molecule has 0 aliphatic carbocycles. The van der Waals surface area contributed by atoms with Crippen LogP contribution >= 0.6 is 0 Å². The molecule has 0 aromatic heterocycles. The van der Waals surface area contributed by atoms with E-state index in [0.717, 1.165) is 51.9 Å². The van der Waals surface area contributed by atoms with Crippen molar-refractivity contribution in [3.63, 3.8) is 0 Å². The molecule has 2 fully saturated rings. The van der Waals surface area contributed by atoms with Crippen molar-refractivity contribution in [2.75, 3.05) is 32.8 Å².